The molecule has 0 radical (unpaired) electrons. The van der Waals surface area contributed by atoms with Crippen LogP contribution in [0.15, 0.2) is 24.3 Å². The Bertz CT molecular complexity index is 392. The van der Waals surface area contributed by atoms with Crippen molar-refractivity contribution in [2.45, 2.75) is 38.1 Å². The van der Waals surface area contributed by atoms with Gasteiger partial charge in [-0.25, -0.2) is 4.39 Å². The summed E-state index contributed by atoms with van der Waals surface area (Å²) in [7, 11) is 0. The van der Waals surface area contributed by atoms with Gasteiger partial charge in [-0.05, 0) is 31.0 Å². The molecule has 1 aromatic rings. The van der Waals surface area contributed by atoms with E-state index in [0.29, 0.717) is 5.56 Å². The highest BCUT2D eigenvalue weighted by atomic mass is 19.4. The van der Waals surface area contributed by atoms with Crippen molar-refractivity contribution in [3.05, 3.63) is 35.6 Å². The second-order valence-corrected chi connectivity index (χ2v) is 4.42. The van der Waals surface area contributed by atoms with Crippen LogP contribution in [0.25, 0.3) is 0 Å². The van der Waals surface area contributed by atoms with Crippen LogP contribution in [0.2, 0.25) is 0 Å². The molecule has 108 valence electrons. The third kappa shape index (κ3) is 6.02. The van der Waals surface area contributed by atoms with Crippen molar-refractivity contribution in [1.29, 1.82) is 0 Å². The van der Waals surface area contributed by atoms with Crippen LogP contribution >= 0.6 is 0 Å². The third-order valence-corrected chi connectivity index (χ3v) is 2.56. The van der Waals surface area contributed by atoms with Gasteiger partial charge in [-0.2, -0.15) is 13.2 Å². The van der Waals surface area contributed by atoms with Crippen LogP contribution in [-0.4, -0.2) is 18.8 Å². The minimum Gasteiger partial charge on any atom is -0.372 e. The predicted octanol–water partition coefficient (Wildman–Crippen LogP) is 3.57. The molecule has 2 unspecified atom stereocenters. The molecule has 0 aromatic heterocycles. The highest BCUT2D eigenvalue weighted by molar-refractivity contribution is 5.20. The van der Waals surface area contributed by atoms with Crippen LogP contribution in [0.3, 0.4) is 0 Å². The zero-order chi connectivity index (χ0) is 14.5. The summed E-state index contributed by atoms with van der Waals surface area (Å²) in [4.78, 5) is 0. The van der Waals surface area contributed by atoms with Crippen LogP contribution in [-0.2, 0) is 4.74 Å². The molecule has 0 heterocycles. The summed E-state index contributed by atoms with van der Waals surface area (Å²) in [6.45, 7) is 1.60. The molecular weight excluding hydrogens is 262 g/mol. The Kier molecular flexibility index (Phi) is 5.75. The fourth-order valence-corrected chi connectivity index (χ4v) is 1.72. The second-order valence-electron chi connectivity index (χ2n) is 4.42. The molecule has 2 atom stereocenters. The molecule has 2 N–H and O–H groups in total. The second kappa shape index (κ2) is 6.86. The zero-order valence-corrected chi connectivity index (χ0v) is 10.6. The number of benzene rings is 1. The van der Waals surface area contributed by atoms with E-state index in [4.69, 9.17) is 10.5 Å². The Morgan fingerprint density at radius 3 is 2.53 bits per heavy atom. The lowest BCUT2D eigenvalue weighted by molar-refractivity contribution is -0.139. The molecule has 0 spiro atoms. The molecule has 6 heteroatoms. The van der Waals surface area contributed by atoms with Gasteiger partial charge in [0, 0.05) is 19.1 Å². The van der Waals surface area contributed by atoms with E-state index >= 15 is 0 Å². The molecule has 0 fully saturated rings. The summed E-state index contributed by atoms with van der Waals surface area (Å²) in [5.74, 6) is -0.429. The summed E-state index contributed by atoms with van der Waals surface area (Å²) in [5, 5.41) is 0. The lowest BCUT2D eigenvalue weighted by Gasteiger charge is -2.22. The Morgan fingerprint density at radius 1 is 1.32 bits per heavy atom. The summed E-state index contributed by atoms with van der Waals surface area (Å²) in [5.41, 5.74) is 6.25. The molecular formula is C13H17F4NO. The predicted molar refractivity (Wildman–Crippen MR) is 64.0 cm³/mol. The fraction of sp³-hybridized carbons (Fsp3) is 0.538. The molecule has 0 saturated heterocycles. The van der Waals surface area contributed by atoms with Gasteiger partial charge in [-0.3, -0.25) is 0 Å². The van der Waals surface area contributed by atoms with Crippen molar-refractivity contribution in [3.8, 4) is 0 Å². The van der Waals surface area contributed by atoms with Gasteiger partial charge in [0.25, 0.3) is 0 Å². The molecule has 0 aliphatic carbocycles. The molecule has 0 bridgehead atoms. The summed E-state index contributed by atoms with van der Waals surface area (Å²) in [6.07, 6.45) is -5.83. The number of ether oxygens (including phenoxy) is 1. The Balaban J connectivity index is 2.55. The van der Waals surface area contributed by atoms with Crippen LogP contribution in [0.5, 0.6) is 0 Å². The molecule has 0 aliphatic rings. The highest BCUT2D eigenvalue weighted by Gasteiger charge is 2.26. The first-order chi connectivity index (χ1) is 8.79. The van der Waals surface area contributed by atoms with Gasteiger partial charge in [0.2, 0.25) is 0 Å². The topological polar surface area (TPSA) is 35.2 Å². The van der Waals surface area contributed by atoms with Crippen molar-refractivity contribution in [2.24, 2.45) is 5.73 Å². The largest absolute Gasteiger partial charge is 0.389 e. The van der Waals surface area contributed by atoms with Crippen LogP contribution in [0, 0.1) is 5.82 Å². The number of nitrogens with two attached hydrogens (primary N) is 1. The lowest BCUT2D eigenvalue weighted by Crippen LogP contribution is -2.27. The quantitative estimate of drug-likeness (QED) is 0.638. The number of halogens is 4. The van der Waals surface area contributed by atoms with E-state index in [1.807, 2.05) is 0 Å². The third-order valence-electron chi connectivity index (χ3n) is 2.56. The van der Waals surface area contributed by atoms with Crippen LogP contribution in [0.4, 0.5) is 17.6 Å². The average Bonchev–Trinajstić information content (AvgIpc) is 2.26. The Hall–Kier alpha value is -1.14. The molecule has 0 aliphatic heterocycles. The van der Waals surface area contributed by atoms with Gasteiger partial charge < -0.3 is 10.5 Å². The lowest BCUT2D eigenvalue weighted by atomic mass is 10.0. The molecule has 0 amide bonds. The first kappa shape index (κ1) is 15.9. The fourth-order valence-electron chi connectivity index (χ4n) is 1.72. The van der Waals surface area contributed by atoms with Crippen molar-refractivity contribution in [1.82, 2.24) is 0 Å². The van der Waals surface area contributed by atoms with Crippen LogP contribution < -0.4 is 5.73 Å². The Labute approximate surface area is 109 Å². The smallest absolute Gasteiger partial charge is 0.372 e. The zero-order valence-electron chi connectivity index (χ0n) is 10.6. The van der Waals surface area contributed by atoms with Crippen molar-refractivity contribution >= 4 is 0 Å². The number of hydrogen-bond donors (Lipinski definition) is 1. The van der Waals surface area contributed by atoms with Gasteiger partial charge in [-0.1, -0.05) is 12.1 Å². The first-order valence-corrected chi connectivity index (χ1v) is 5.99. The highest BCUT2D eigenvalue weighted by Crippen LogP contribution is 2.24. The molecule has 2 nitrogen and oxygen atoms in total. The molecule has 1 aromatic carbocycles. The Morgan fingerprint density at radius 2 is 2.00 bits per heavy atom. The van der Waals surface area contributed by atoms with E-state index in [-0.39, 0.29) is 13.0 Å². The van der Waals surface area contributed by atoms with Gasteiger partial charge in [0.05, 0.1) is 6.10 Å². The maximum atomic E-state index is 13.1. The maximum Gasteiger partial charge on any atom is 0.389 e. The normalized spacial score (nSPS) is 15.3. The van der Waals surface area contributed by atoms with E-state index in [1.165, 1.54) is 18.2 Å². The van der Waals surface area contributed by atoms with E-state index in [0.717, 1.165) is 0 Å². The molecule has 0 saturated carbocycles. The van der Waals surface area contributed by atoms with E-state index in [2.05, 4.69) is 0 Å². The average molecular weight is 279 g/mol. The number of hydrogen-bond acceptors (Lipinski definition) is 2. The monoisotopic (exact) mass is 279 g/mol. The summed E-state index contributed by atoms with van der Waals surface area (Å²) >= 11 is 0. The van der Waals surface area contributed by atoms with Gasteiger partial charge >= 0.3 is 6.18 Å². The van der Waals surface area contributed by atoms with E-state index in [9.17, 15) is 17.6 Å². The summed E-state index contributed by atoms with van der Waals surface area (Å²) in [6, 6.07) is 5.27. The van der Waals surface area contributed by atoms with E-state index in [1.54, 1.807) is 13.0 Å². The minimum atomic E-state index is -4.19. The van der Waals surface area contributed by atoms with E-state index < -0.39 is 30.6 Å². The molecule has 1 rings (SSSR count). The van der Waals surface area contributed by atoms with Gasteiger partial charge in [0.15, 0.2) is 0 Å². The minimum absolute atomic E-state index is 0.0672. The number of alkyl halides is 3. The number of rotatable bonds is 6. The summed E-state index contributed by atoms with van der Waals surface area (Å²) < 4.78 is 54.4. The van der Waals surface area contributed by atoms with Gasteiger partial charge in [0.1, 0.15) is 5.82 Å². The first-order valence-electron chi connectivity index (χ1n) is 5.99. The molecule has 19 heavy (non-hydrogen) atoms. The standard InChI is InChI=1S/C13H17F4NO/c1-9(18)12(10-4-2-5-11(14)8-10)19-7-3-6-13(15,16)17/h2,4-5,8-9,12H,3,6-7,18H2,1H3. The van der Waals surface area contributed by atoms with Crippen molar-refractivity contribution in [2.75, 3.05) is 6.61 Å². The van der Waals surface area contributed by atoms with Crippen LogP contribution in [0.1, 0.15) is 31.4 Å². The van der Waals surface area contributed by atoms with Crippen molar-refractivity contribution in [3.63, 3.8) is 0 Å². The van der Waals surface area contributed by atoms with Gasteiger partial charge in [-0.15, -0.1) is 0 Å². The SMILES string of the molecule is CC(N)C(OCCCC(F)(F)F)c1cccc(F)c1. The maximum absolute atomic E-state index is 13.1. The van der Waals surface area contributed by atoms with Crippen molar-refractivity contribution < 1.29 is 22.3 Å².